The second kappa shape index (κ2) is 9.41. The number of hydrogen-bond donors (Lipinski definition) is 1. The molecule has 3 atom stereocenters. The van der Waals surface area contributed by atoms with E-state index in [0.717, 1.165) is 31.4 Å². The molecule has 1 heterocycles. The van der Waals surface area contributed by atoms with E-state index in [0.29, 0.717) is 34.6 Å². The van der Waals surface area contributed by atoms with Crippen molar-refractivity contribution in [2.24, 2.45) is 11.8 Å². The number of carbonyl (C=O) groups is 3. The molecule has 7 nitrogen and oxygen atoms in total. The van der Waals surface area contributed by atoms with Crippen molar-refractivity contribution >= 4 is 17.7 Å². The van der Waals surface area contributed by atoms with Crippen LogP contribution in [-0.2, 0) is 23.9 Å². The molecule has 0 aromatic heterocycles. The lowest BCUT2D eigenvalue weighted by Gasteiger charge is -2.38. The van der Waals surface area contributed by atoms with Crippen molar-refractivity contribution in [3.05, 3.63) is 52.4 Å². The van der Waals surface area contributed by atoms with Gasteiger partial charge in [-0.25, -0.2) is 4.79 Å². The molecule has 1 aromatic carbocycles. The normalized spacial score (nSPS) is 25.5. The third-order valence-electron chi connectivity index (χ3n) is 6.99. The number of ether oxygens (including phenoxy) is 3. The number of benzene rings is 1. The molecule has 0 spiro atoms. The molecule has 0 bridgehead atoms. The van der Waals surface area contributed by atoms with Crippen LogP contribution in [0.1, 0.15) is 57.4 Å². The monoisotopic (exact) mass is 453 g/mol. The molecule has 3 aliphatic rings. The fourth-order valence-electron chi connectivity index (χ4n) is 5.39. The van der Waals surface area contributed by atoms with Crippen LogP contribution in [0.15, 0.2) is 46.8 Å². The average Bonchev–Trinajstić information content (AvgIpc) is 3.30. The van der Waals surface area contributed by atoms with Gasteiger partial charge in [0, 0.05) is 22.5 Å². The molecule has 1 saturated carbocycles. The van der Waals surface area contributed by atoms with Crippen LogP contribution in [0.3, 0.4) is 0 Å². The molecule has 1 aliphatic heterocycles. The highest BCUT2D eigenvalue weighted by Crippen LogP contribution is 2.47. The topological polar surface area (TPSA) is 90.9 Å². The van der Waals surface area contributed by atoms with Crippen LogP contribution >= 0.6 is 0 Å². The van der Waals surface area contributed by atoms with Gasteiger partial charge >= 0.3 is 11.9 Å². The molecule has 33 heavy (non-hydrogen) atoms. The van der Waals surface area contributed by atoms with Gasteiger partial charge in [0.1, 0.15) is 17.8 Å². The Kier molecular flexibility index (Phi) is 6.58. The fourth-order valence-corrected chi connectivity index (χ4v) is 5.39. The van der Waals surface area contributed by atoms with Crippen molar-refractivity contribution < 1.29 is 28.6 Å². The highest BCUT2D eigenvalue weighted by atomic mass is 16.5. The summed E-state index contributed by atoms with van der Waals surface area (Å²) in [7, 11) is 2.85. The third kappa shape index (κ3) is 4.16. The van der Waals surface area contributed by atoms with E-state index >= 15 is 0 Å². The van der Waals surface area contributed by atoms with Crippen LogP contribution in [0.4, 0.5) is 0 Å². The molecule has 4 rings (SSSR count). The predicted octanol–water partition coefficient (Wildman–Crippen LogP) is 3.79. The van der Waals surface area contributed by atoms with Crippen LogP contribution in [0, 0.1) is 11.8 Å². The zero-order valence-corrected chi connectivity index (χ0v) is 19.6. The summed E-state index contributed by atoms with van der Waals surface area (Å²) in [6, 6.07) is 7.35. The highest BCUT2D eigenvalue weighted by molar-refractivity contribution is 6.12. The average molecular weight is 454 g/mol. The summed E-state index contributed by atoms with van der Waals surface area (Å²) >= 11 is 0. The molecular weight excluding hydrogens is 422 g/mol. The molecule has 0 radical (unpaired) electrons. The molecular formula is C26H31NO6. The first kappa shape index (κ1) is 23.1. The van der Waals surface area contributed by atoms with Crippen molar-refractivity contribution in [3.63, 3.8) is 0 Å². The number of methoxy groups -OCH3 is 2. The van der Waals surface area contributed by atoms with Crippen molar-refractivity contribution in [1.82, 2.24) is 5.32 Å². The predicted molar refractivity (Wildman–Crippen MR) is 121 cm³/mol. The van der Waals surface area contributed by atoms with E-state index in [1.165, 1.54) is 7.11 Å². The summed E-state index contributed by atoms with van der Waals surface area (Å²) in [6.07, 6.45) is 4.15. The smallest absolute Gasteiger partial charge is 0.337 e. The Balaban J connectivity index is 1.84. The number of ketones is 1. The van der Waals surface area contributed by atoms with E-state index in [1.807, 2.05) is 32.0 Å². The van der Waals surface area contributed by atoms with Gasteiger partial charge in [0.15, 0.2) is 5.78 Å². The second-order valence-electron chi connectivity index (χ2n) is 9.09. The number of carbonyl (C=O) groups excluding carboxylic acids is 3. The Morgan fingerprint density at radius 2 is 1.79 bits per heavy atom. The Hall–Kier alpha value is -3.09. The maximum Gasteiger partial charge on any atom is 0.337 e. The number of para-hydroxylation sites is 1. The van der Waals surface area contributed by atoms with E-state index in [1.54, 1.807) is 13.2 Å². The third-order valence-corrected chi connectivity index (χ3v) is 6.99. The highest BCUT2D eigenvalue weighted by Gasteiger charge is 2.48. The van der Waals surface area contributed by atoms with Gasteiger partial charge in [-0.2, -0.15) is 0 Å². The summed E-state index contributed by atoms with van der Waals surface area (Å²) < 4.78 is 16.4. The number of nitrogens with one attached hydrogen (secondary N) is 1. The molecule has 0 saturated heterocycles. The molecule has 1 N–H and O–H groups in total. The van der Waals surface area contributed by atoms with Crippen LogP contribution < -0.4 is 10.1 Å². The summed E-state index contributed by atoms with van der Waals surface area (Å²) in [5.74, 6) is -2.59. The van der Waals surface area contributed by atoms with E-state index in [-0.39, 0.29) is 17.8 Å². The molecule has 7 heteroatoms. The van der Waals surface area contributed by atoms with Crippen LogP contribution in [0.2, 0.25) is 0 Å². The minimum absolute atomic E-state index is 0.114. The largest absolute Gasteiger partial charge is 0.496 e. The molecule has 176 valence electrons. The Bertz CT molecular complexity index is 1030. The van der Waals surface area contributed by atoms with E-state index in [9.17, 15) is 14.4 Å². The Morgan fingerprint density at radius 1 is 1.09 bits per heavy atom. The van der Waals surface area contributed by atoms with Gasteiger partial charge < -0.3 is 19.5 Å². The summed E-state index contributed by atoms with van der Waals surface area (Å²) in [6.45, 7) is 3.70. The first-order valence-electron chi connectivity index (χ1n) is 11.5. The van der Waals surface area contributed by atoms with Gasteiger partial charge in [0.05, 0.1) is 25.7 Å². The number of hydrogen-bond acceptors (Lipinski definition) is 7. The summed E-state index contributed by atoms with van der Waals surface area (Å²) in [4.78, 5) is 39.8. The van der Waals surface area contributed by atoms with Gasteiger partial charge in [-0.15, -0.1) is 0 Å². The molecule has 1 aromatic rings. The summed E-state index contributed by atoms with van der Waals surface area (Å²) in [5.41, 5.74) is 2.88. The van der Waals surface area contributed by atoms with Gasteiger partial charge in [-0.05, 0) is 51.0 Å². The lowest BCUT2D eigenvalue weighted by molar-refractivity contribution is -0.151. The minimum atomic E-state index is -0.918. The molecule has 0 unspecified atom stereocenters. The second-order valence-corrected chi connectivity index (χ2v) is 9.09. The first-order valence-corrected chi connectivity index (χ1v) is 11.5. The SMILES string of the molecule is COC(=O)[C@H]1C(=O)C2=C(C[C@@H]1C)NC(C)=C(C(=O)OC1CCCC1)[C@H]2c1ccccc1OC. The Labute approximate surface area is 194 Å². The minimum Gasteiger partial charge on any atom is -0.496 e. The fraction of sp³-hybridized carbons (Fsp3) is 0.500. The van der Waals surface area contributed by atoms with Crippen LogP contribution in [0.5, 0.6) is 5.75 Å². The zero-order valence-electron chi connectivity index (χ0n) is 19.6. The number of Topliss-reactive ketones (excluding diaryl/α,β-unsaturated/α-hetero) is 1. The molecule has 2 aliphatic carbocycles. The van der Waals surface area contributed by atoms with E-state index in [4.69, 9.17) is 14.2 Å². The standard InChI is InChI=1S/C26H31NO6/c1-14-13-18-23(24(28)20(14)25(29)32-4)22(17-11-7-8-12-19(17)31-3)21(15(2)27-18)26(30)33-16-9-5-6-10-16/h7-8,11-12,14,16,20,22,27H,5-6,9-10,13H2,1-4H3/t14-,20+,22+/m0/s1. The maximum absolute atomic E-state index is 13.8. The van der Waals surface area contributed by atoms with Gasteiger partial charge in [-0.1, -0.05) is 25.1 Å². The zero-order chi connectivity index (χ0) is 23.7. The van der Waals surface area contributed by atoms with Crippen molar-refractivity contribution in [3.8, 4) is 5.75 Å². The van der Waals surface area contributed by atoms with Crippen molar-refractivity contribution in [1.29, 1.82) is 0 Å². The van der Waals surface area contributed by atoms with Gasteiger partial charge in [0.2, 0.25) is 0 Å². The number of esters is 2. The van der Waals surface area contributed by atoms with E-state index < -0.39 is 23.8 Å². The van der Waals surface area contributed by atoms with Gasteiger partial charge in [-0.3, -0.25) is 9.59 Å². The molecule has 1 fully saturated rings. The van der Waals surface area contributed by atoms with Crippen molar-refractivity contribution in [2.45, 2.75) is 58.0 Å². The Morgan fingerprint density at radius 3 is 2.45 bits per heavy atom. The lowest BCUT2D eigenvalue weighted by Crippen LogP contribution is -2.43. The number of rotatable bonds is 5. The number of dihydropyridines is 1. The van der Waals surface area contributed by atoms with Gasteiger partial charge in [0.25, 0.3) is 0 Å². The van der Waals surface area contributed by atoms with Crippen LogP contribution in [-0.4, -0.2) is 38.0 Å². The van der Waals surface area contributed by atoms with E-state index in [2.05, 4.69) is 5.32 Å². The van der Waals surface area contributed by atoms with Crippen molar-refractivity contribution in [2.75, 3.05) is 14.2 Å². The van der Waals surface area contributed by atoms with Crippen LogP contribution in [0.25, 0.3) is 0 Å². The maximum atomic E-state index is 13.8. The number of allylic oxidation sites excluding steroid dienone is 3. The first-order chi connectivity index (χ1) is 15.9. The lowest BCUT2D eigenvalue weighted by atomic mass is 9.69. The molecule has 0 amide bonds. The summed E-state index contributed by atoms with van der Waals surface area (Å²) in [5, 5.41) is 3.29. The quantitative estimate of drug-likeness (QED) is 0.536.